The lowest BCUT2D eigenvalue weighted by molar-refractivity contribution is 0.102. The van der Waals surface area contributed by atoms with Gasteiger partial charge in [-0.2, -0.15) is 0 Å². The second kappa shape index (κ2) is 6.04. The molecule has 0 saturated carbocycles. The smallest absolute Gasteiger partial charge is 0.257 e. The maximum atomic E-state index is 12.2. The van der Waals surface area contributed by atoms with Crippen molar-refractivity contribution in [2.75, 3.05) is 5.32 Å². The number of hydrogen-bond donors (Lipinski definition) is 1. The number of rotatable bonds is 2. The van der Waals surface area contributed by atoms with Crippen LogP contribution >= 0.6 is 23.2 Å². The number of aromatic nitrogens is 1. The molecule has 0 aliphatic heterocycles. The highest BCUT2D eigenvalue weighted by atomic mass is 35.5. The van der Waals surface area contributed by atoms with Gasteiger partial charge in [0.15, 0.2) is 0 Å². The van der Waals surface area contributed by atoms with E-state index in [0.29, 0.717) is 11.3 Å². The Labute approximate surface area is 134 Å². The topological polar surface area (TPSA) is 42.0 Å². The van der Waals surface area contributed by atoms with Gasteiger partial charge in [-0.1, -0.05) is 56.1 Å². The van der Waals surface area contributed by atoms with E-state index in [1.165, 1.54) is 17.8 Å². The van der Waals surface area contributed by atoms with E-state index in [4.69, 9.17) is 23.2 Å². The highest BCUT2D eigenvalue weighted by Gasteiger charge is 2.15. The first-order valence-corrected chi connectivity index (χ1v) is 7.26. The molecule has 1 heterocycles. The highest BCUT2D eigenvalue weighted by Crippen LogP contribution is 2.24. The van der Waals surface area contributed by atoms with E-state index < -0.39 is 0 Å². The Morgan fingerprint density at radius 1 is 1.14 bits per heavy atom. The van der Waals surface area contributed by atoms with E-state index in [2.05, 4.69) is 31.1 Å². The Morgan fingerprint density at radius 2 is 1.76 bits per heavy atom. The lowest BCUT2D eigenvalue weighted by atomic mass is 9.87. The molecule has 0 radical (unpaired) electrons. The molecule has 2 aromatic rings. The molecule has 1 amide bonds. The first-order valence-electron chi connectivity index (χ1n) is 6.50. The number of carbonyl (C=O) groups is 1. The minimum Gasteiger partial charge on any atom is -0.322 e. The van der Waals surface area contributed by atoms with Gasteiger partial charge >= 0.3 is 0 Å². The number of amides is 1. The maximum Gasteiger partial charge on any atom is 0.257 e. The van der Waals surface area contributed by atoms with Gasteiger partial charge in [0, 0.05) is 11.9 Å². The van der Waals surface area contributed by atoms with Crippen molar-refractivity contribution in [3.63, 3.8) is 0 Å². The lowest BCUT2D eigenvalue weighted by Crippen LogP contribution is -2.14. The molecular weight excluding hydrogens is 307 g/mol. The van der Waals surface area contributed by atoms with Crippen LogP contribution in [0.5, 0.6) is 0 Å². The van der Waals surface area contributed by atoms with E-state index in [9.17, 15) is 4.79 Å². The summed E-state index contributed by atoms with van der Waals surface area (Å²) in [6.45, 7) is 6.41. The molecule has 3 nitrogen and oxygen atoms in total. The van der Waals surface area contributed by atoms with Crippen LogP contribution in [0.2, 0.25) is 10.2 Å². The van der Waals surface area contributed by atoms with Crippen molar-refractivity contribution < 1.29 is 4.79 Å². The molecule has 0 saturated heterocycles. The van der Waals surface area contributed by atoms with Gasteiger partial charge in [0.1, 0.15) is 5.15 Å². The Balaban J connectivity index is 2.18. The fraction of sp³-hybridized carbons (Fsp3) is 0.250. The second-order valence-corrected chi connectivity index (χ2v) is 6.56. The lowest BCUT2D eigenvalue weighted by Gasteiger charge is -2.19. The molecule has 0 aliphatic rings. The van der Waals surface area contributed by atoms with Crippen LogP contribution in [0, 0.1) is 0 Å². The number of hydrogen-bond acceptors (Lipinski definition) is 2. The predicted molar refractivity (Wildman–Crippen MR) is 87.4 cm³/mol. The minimum atomic E-state index is -0.312. The molecule has 1 aromatic heterocycles. The average molecular weight is 323 g/mol. The minimum absolute atomic E-state index is 0.0739. The number of carbonyl (C=O) groups excluding carboxylic acids is 1. The Kier molecular flexibility index (Phi) is 4.55. The van der Waals surface area contributed by atoms with Gasteiger partial charge in [-0.3, -0.25) is 4.79 Å². The van der Waals surface area contributed by atoms with Crippen LogP contribution in [-0.2, 0) is 5.41 Å². The van der Waals surface area contributed by atoms with Crippen LogP contribution in [0.15, 0.2) is 36.5 Å². The number of nitrogens with one attached hydrogen (secondary N) is 1. The van der Waals surface area contributed by atoms with Crippen LogP contribution in [-0.4, -0.2) is 10.9 Å². The zero-order valence-corrected chi connectivity index (χ0v) is 13.6. The van der Waals surface area contributed by atoms with Crippen LogP contribution in [0.25, 0.3) is 0 Å². The largest absolute Gasteiger partial charge is 0.322 e. The quantitative estimate of drug-likeness (QED) is 0.796. The fourth-order valence-electron chi connectivity index (χ4n) is 1.84. The van der Waals surface area contributed by atoms with Crippen LogP contribution < -0.4 is 5.32 Å². The molecule has 110 valence electrons. The van der Waals surface area contributed by atoms with Gasteiger partial charge in [-0.15, -0.1) is 0 Å². The third kappa shape index (κ3) is 3.96. The molecule has 0 bridgehead atoms. The van der Waals surface area contributed by atoms with E-state index in [-0.39, 0.29) is 21.5 Å². The van der Waals surface area contributed by atoms with Gasteiger partial charge in [0.2, 0.25) is 0 Å². The molecule has 0 atom stereocenters. The highest BCUT2D eigenvalue weighted by molar-refractivity contribution is 6.35. The summed E-state index contributed by atoms with van der Waals surface area (Å²) >= 11 is 11.7. The number of benzene rings is 1. The molecule has 0 fully saturated rings. The first kappa shape index (κ1) is 15.8. The van der Waals surface area contributed by atoms with Crippen molar-refractivity contribution in [2.45, 2.75) is 26.2 Å². The van der Waals surface area contributed by atoms with Crippen molar-refractivity contribution in [1.29, 1.82) is 0 Å². The zero-order valence-electron chi connectivity index (χ0n) is 12.1. The molecule has 5 heteroatoms. The zero-order chi connectivity index (χ0) is 15.6. The number of pyridine rings is 1. The van der Waals surface area contributed by atoms with Crippen molar-refractivity contribution in [3.05, 3.63) is 57.8 Å². The predicted octanol–water partition coefficient (Wildman–Crippen LogP) is 4.94. The summed E-state index contributed by atoms with van der Waals surface area (Å²) in [5.41, 5.74) is 2.28. The van der Waals surface area contributed by atoms with Crippen LogP contribution in [0.3, 0.4) is 0 Å². The Morgan fingerprint density at radius 3 is 2.33 bits per heavy atom. The van der Waals surface area contributed by atoms with E-state index in [1.54, 1.807) is 0 Å². The molecule has 0 spiro atoms. The first-order chi connectivity index (χ1) is 9.77. The normalized spacial score (nSPS) is 11.3. The van der Waals surface area contributed by atoms with Crippen molar-refractivity contribution in [2.24, 2.45) is 0 Å². The summed E-state index contributed by atoms with van der Waals surface area (Å²) in [6.07, 6.45) is 1.36. The van der Waals surface area contributed by atoms with Gasteiger partial charge in [-0.05, 0) is 29.2 Å². The third-order valence-corrected chi connectivity index (χ3v) is 3.58. The van der Waals surface area contributed by atoms with Gasteiger partial charge in [0.05, 0.1) is 10.6 Å². The van der Waals surface area contributed by atoms with E-state index >= 15 is 0 Å². The SMILES string of the molecule is CC(C)(C)c1ccc(NC(=O)c2cc(Cl)ncc2Cl)cc1. The molecule has 1 aromatic carbocycles. The molecule has 2 rings (SSSR count). The van der Waals surface area contributed by atoms with Gasteiger partial charge in [-0.25, -0.2) is 4.98 Å². The summed E-state index contributed by atoms with van der Waals surface area (Å²) < 4.78 is 0. The summed E-state index contributed by atoms with van der Waals surface area (Å²) in [5, 5.41) is 3.29. The molecular formula is C16H16Cl2N2O. The average Bonchev–Trinajstić information content (AvgIpc) is 2.41. The fourth-order valence-corrected chi connectivity index (χ4v) is 2.19. The van der Waals surface area contributed by atoms with Crippen LogP contribution in [0.4, 0.5) is 5.69 Å². The van der Waals surface area contributed by atoms with Gasteiger partial charge < -0.3 is 5.32 Å². The molecule has 0 aliphatic carbocycles. The van der Waals surface area contributed by atoms with E-state index in [1.807, 2.05) is 24.3 Å². The summed E-state index contributed by atoms with van der Waals surface area (Å²) in [4.78, 5) is 16.0. The standard InChI is InChI=1S/C16H16Cl2N2O/c1-16(2,3)10-4-6-11(7-5-10)20-15(21)12-8-14(18)19-9-13(12)17/h4-9H,1-3H3,(H,20,21). The second-order valence-electron chi connectivity index (χ2n) is 5.77. The maximum absolute atomic E-state index is 12.2. The third-order valence-electron chi connectivity index (χ3n) is 3.08. The van der Waals surface area contributed by atoms with Crippen molar-refractivity contribution in [3.8, 4) is 0 Å². The molecule has 1 N–H and O–H groups in total. The van der Waals surface area contributed by atoms with Crippen molar-refractivity contribution >= 4 is 34.8 Å². The Bertz CT molecular complexity index is 661. The Hall–Kier alpha value is -1.58. The summed E-state index contributed by atoms with van der Waals surface area (Å²) in [7, 11) is 0. The number of nitrogens with zero attached hydrogens (tertiary/aromatic N) is 1. The monoisotopic (exact) mass is 322 g/mol. The van der Waals surface area contributed by atoms with Crippen LogP contribution in [0.1, 0.15) is 36.7 Å². The summed E-state index contributed by atoms with van der Waals surface area (Å²) in [6, 6.07) is 9.18. The number of anilines is 1. The van der Waals surface area contributed by atoms with Crippen molar-refractivity contribution in [1.82, 2.24) is 4.98 Å². The number of halogens is 2. The molecule has 21 heavy (non-hydrogen) atoms. The molecule has 0 unspecified atom stereocenters. The summed E-state index contributed by atoms with van der Waals surface area (Å²) in [5.74, 6) is -0.312. The van der Waals surface area contributed by atoms with E-state index in [0.717, 1.165) is 0 Å². The van der Waals surface area contributed by atoms with Gasteiger partial charge in [0.25, 0.3) is 5.91 Å².